The molecule has 15 nitrogen and oxygen atoms in total. The normalized spacial score (nSPS) is 30.7. The molecule has 3 fully saturated rings. The standard InChI is InChI=1S/C24H29N9O6/c25-21-29-18-14(10-32-16(34)6-7-17(32)35)27-22(26)33-11-15(24(38,39)23(18,33)30-21)28-19(36)12-4-1-2-5-13(12)20(37)31-8-3-9-31/h1-2,4-5,14-15,18,38-39H,3,6-11H2,(H2,26,27)(H,28,36)(H3,25,29,30)/t14-,15?,18-,23?/m0/s1. The van der Waals surface area contributed by atoms with Gasteiger partial charge in [0.15, 0.2) is 17.6 Å². The van der Waals surface area contributed by atoms with E-state index in [0.717, 1.165) is 11.3 Å². The Kier molecular flexibility index (Phi) is 5.55. The Bertz CT molecular complexity index is 1320. The van der Waals surface area contributed by atoms with Crippen LogP contribution in [-0.2, 0) is 9.59 Å². The van der Waals surface area contributed by atoms with E-state index >= 15 is 0 Å². The van der Waals surface area contributed by atoms with Crippen LogP contribution in [0.15, 0.2) is 34.3 Å². The maximum Gasteiger partial charge on any atom is 0.254 e. The SMILES string of the molecule is NC1=N[C@H]2[C@H](CN3C(=O)CCC3=O)N=C(N)N3CC(NC(=O)c4ccccc4C(=O)N4CCC4)C(O)(O)C23N1. The van der Waals surface area contributed by atoms with Crippen molar-refractivity contribution in [2.45, 2.75) is 48.8 Å². The summed E-state index contributed by atoms with van der Waals surface area (Å²) in [5, 5.41) is 28.7. The van der Waals surface area contributed by atoms with E-state index in [0.29, 0.717) is 13.1 Å². The van der Waals surface area contributed by atoms with Crippen molar-refractivity contribution in [1.29, 1.82) is 0 Å². The number of hydrogen-bond donors (Lipinski definition) is 6. The fourth-order valence-corrected chi connectivity index (χ4v) is 6.04. The van der Waals surface area contributed by atoms with Crippen LogP contribution in [0.2, 0.25) is 0 Å². The van der Waals surface area contributed by atoms with Gasteiger partial charge in [-0.3, -0.25) is 24.1 Å². The second-order valence-electron chi connectivity index (χ2n) is 10.4. The lowest BCUT2D eigenvalue weighted by molar-refractivity contribution is -0.230. The third-order valence-corrected chi connectivity index (χ3v) is 8.18. The van der Waals surface area contributed by atoms with Crippen molar-refractivity contribution < 1.29 is 29.4 Å². The summed E-state index contributed by atoms with van der Waals surface area (Å²) in [6, 6.07) is 3.00. The summed E-state index contributed by atoms with van der Waals surface area (Å²) in [5.74, 6) is -4.62. The van der Waals surface area contributed by atoms with Gasteiger partial charge in [0.2, 0.25) is 17.6 Å². The van der Waals surface area contributed by atoms with Gasteiger partial charge in [-0.1, -0.05) is 12.1 Å². The van der Waals surface area contributed by atoms with Crippen LogP contribution in [-0.4, -0.2) is 116 Å². The highest BCUT2D eigenvalue weighted by Gasteiger charge is 2.73. The molecular formula is C24H29N9O6. The molecule has 4 amide bonds. The van der Waals surface area contributed by atoms with Crippen LogP contribution >= 0.6 is 0 Å². The average Bonchev–Trinajstić information content (AvgIpc) is 3.46. The van der Waals surface area contributed by atoms with Gasteiger partial charge in [-0.05, 0) is 18.6 Å². The fourth-order valence-electron chi connectivity index (χ4n) is 6.04. The first-order valence-electron chi connectivity index (χ1n) is 12.7. The maximum absolute atomic E-state index is 13.4. The number of aliphatic hydroxyl groups is 2. The number of nitrogens with two attached hydrogens (primary N) is 2. The van der Waals surface area contributed by atoms with E-state index in [1.165, 1.54) is 11.0 Å². The van der Waals surface area contributed by atoms with Crippen LogP contribution < -0.4 is 22.1 Å². The van der Waals surface area contributed by atoms with E-state index in [9.17, 15) is 29.4 Å². The van der Waals surface area contributed by atoms with E-state index in [-0.39, 0.29) is 66.7 Å². The van der Waals surface area contributed by atoms with Gasteiger partial charge in [-0.2, -0.15) is 0 Å². The number of imide groups is 1. The van der Waals surface area contributed by atoms with Gasteiger partial charge in [0.05, 0.1) is 23.7 Å². The summed E-state index contributed by atoms with van der Waals surface area (Å²) < 4.78 is 0. The van der Waals surface area contributed by atoms with E-state index in [1.54, 1.807) is 23.1 Å². The van der Waals surface area contributed by atoms with Gasteiger partial charge in [-0.25, -0.2) is 9.98 Å². The van der Waals surface area contributed by atoms with Gasteiger partial charge in [-0.15, -0.1) is 0 Å². The van der Waals surface area contributed by atoms with Gasteiger partial charge in [0, 0.05) is 32.5 Å². The maximum atomic E-state index is 13.4. The zero-order valence-electron chi connectivity index (χ0n) is 20.9. The number of amides is 4. The first-order chi connectivity index (χ1) is 18.5. The molecular weight excluding hydrogens is 510 g/mol. The molecule has 15 heteroatoms. The van der Waals surface area contributed by atoms with Crippen LogP contribution in [0.4, 0.5) is 0 Å². The molecule has 1 aromatic rings. The number of nitrogens with one attached hydrogen (secondary N) is 2. The Morgan fingerprint density at radius 2 is 1.74 bits per heavy atom. The molecule has 6 rings (SSSR count). The zero-order chi connectivity index (χ0) is 27.7. The van der Waals surface area contributed by atoms with Crippen molar-refractivity contribution in [3.05, 3.63) is 35.4 Å². The van der Waals surface area contributed by atoms with Crippen molar-refractivity contribution >= 4 is 35.5 Å². The van der Waals surface area contributed by atoms with Crippen molar-refractivity contribution in [3.8, 4) is 0 Å². The number of carbonyl (C=O) groups excluding carboxylic acids is 4. The molecule has 0 bridgehead atoms. The highest BCUT2D eigenvalue weighted by molar-refractivity contribution is 6.07. The topological polar surface area (TPSA) is 219 Å². The quantitative estimate of drug-likeness (QED) is 0.160. The van der Waals surface area contributed by atoms with Gasteiger partial charge in [0.25, 0.3) is 11.8 Å². The van der Waals surface area contributed by atoms with Gasteiger partial charge in [0.1, 0.15) is 12.1 Å². The number of hydrogen-bond acceptors (Lipinski definition) is 12. The summed E-state index contributed by atoms with van der Waals surface area (Å²) in [7, 11) is 0. The Labute approximate surface area is 222 Å². The van der Waals surface area contributed by atoms with Crippen LogP contribution in [0.5, 0.6) is 0 Å². The molecule has 8 N–H and O–H groups in total. The molecule has 5 aliphatic rings. The Balaban J connectivity index is 1.29. The molecule has 0 radical (unpaired) electrons. The number of nitrogens with zero attached hydrogens (tertiary/aromatic N) is 5. The molecule has 1 spiro atoms. The van der Waals surface area contributed by atoms with Crippen LogP contribution in [0, 0.1) is 0 Å². The van der Waals surface area contributed by atoms with E-state index in [2.05, 4.69) is 20.6 Å². The monoisotopic (exact) mass is 539 g/mol. The Morgan fingerprint density at radius 3 is 2.38 bits per heavy atom. The van der Waals surface area contributed by atoms with Crippen LogP contribution in [0.25, 0.3) is 0 Å². The third-order valence-electron chi connectivity index (χ3n) is 8.18. The smallest absolute Gasteiger partial charge is 0.254 e. The predicted octanol–water partition coefficient (Wildman–Crippen LogP) is -3.54. The highest BCUT2D eigenvalue weighted by Crippen LogP contribution is 2.45. The highest BCUT2D eigenvalue weighted by atomic mass is 16.5. The first-order valence-corrected chi connectivity index (χ1v) is 12.7. The van der Waals surface area contributed by atoms with Crippen LogP contribution in [0.3, 0.4) is 0 Å². The molecule has 2 unspecified atom stereocenters. The van der Waals surface area contributed by atoms with Crippen molar-refractivity contribution in [1.82, 2.24) is 25.3 Å². The fraction of sp³-hybridized carbons (Fsp3) is 0.500. The molecule has 3 saturated heterocycles. The number of aliphatic imine (C=N–C) groups is 2. The van der Waals surface area contributed by atoms with Crippen molar-refractivity contribution in [2.24, 2.45) is 21.5 Å². The second kappa shape index (κ2) is 8.64. The number of guanidine groups is 2. The lowest BCUT2D eigenvalue weighted by Crippen LogP contribution is -2.78. The molecule has 206 valence electrons. The van der Waals surface area contributed by atoms with E-state index < -0.39 is 35.5 Å². The number of likely N-dealkylation sites (tertiary alicyclic amines) is 2. The zero-order valence-corrected chi connectivity index (χ0v) is 20.9. The van der Waals surface area contributed by atoms with Gasteiger partial charge < -0.3 is 42.1 Å². The number of benzene rings is 1. The summed E-state index contributed by atoms with van der Waals surface area (Å²) in [4.78, 5) is 63.7. The summed E-state index contributed by atoms with van der Waals surface area (Å²) in [6.07, 6.45) is 1.05. The average molecular weight is 540 g/mol. The third kappa shape index (κ3) is 3.56. The second-order valence-corrected chi connectivity index (χ2v) is 10.4. The molecule has 0 saturated carbocycles. The molecule has 5 heterocycles. The molecule has 4 atom stereocenters. The lowest BCUT2D eigenvalue weighted by Gasteiger charge is -2.49. The predicted molar refractivity (Wildman–Crippen MR) is 135 cm³/mol. The Hall–Kier alpha value is -4.24. The van der Waals surface area contributed by atoms with Gasteiger partial charge >= 0.3 is 0 Å². The minimum Gasteiger partial charge on any atom is -0.370 e. The largest absolute Gasteiger partial charge is 0.370 e. The number of rotatable bonds is 5. The first kappa shape index (κ1) is 25.1. The van der Waals surface area contributed by atoms with Crippen molar-refractivity contribution in [3.63, 3.8) is 0 Å². The van der Waals surface area contributed by atoms with E-state index in [1.807, 2.05) is 0 Å². The molecule has 1 aromatic carbocycles. The molecule has 39 heavy (non-hydrogen) atoms. The lowest BCUT2D eigenvalue weighted by atomic mass is 9.84. The molecule has 5 aliphatic heterocycles. The number of carbonyl (C=O) groups is 4. The van der Waals surface area contributed by atoms with Crippen molar-refractivity contribution in [2.75, 3.05) is 26.2 Å². The summed E-state index contributed by atoms with van der Waals surface area (Å²) >= 11 is 0. The summed E-state index contributed by atoms with van der Waals surface area (Å²) in [6.45, 7) is 0.857. The van der Waals surface area contributed by atoms with Crippen LogP contribution in [0.1, 0.15) is 40.0 Å². The molecule has 0 aromatic heterocycles. The Morgan fingerprint density at radius 1 is 1.08 bits per heavy atom. The minimum absolute atomic E-state index is 0.0795. The van der Waals surface area contributed by atoms with E-state index in [4.69, 9.17) is 11.5 Å². The molecule has 0 aliphatic carbocycles. The minimum atomic E-state index is -2.70. The summed E-state index contributed by atoms with van der Waals surface area (Å²) in [5.41, 5.74) is 10.7.